The number of anilines is 1. The quantitative estimate of drug-likeness (QED) is 0.472. The minimum atomic E-state index is -0.432. The minimum absolute atomic E-state index is 0.0358. The van der Waals surface area contributed by atoms with Gasteiger partial charge in [-0.2, -0.15) is 16.7 Å². The summed E-state index contributed by atoms with van der Waals surface area (Å²) in [5, 5.41) is 11.2. The molecule has 0 spiro atoms. The summed E-state index contributed by atoms with van der Waals surface area (Å²) in [5.41, 5.74) is 0.276. The van der Waals surface area contributed by atoms with E-state index in [1.54, 1.807) is 6.92 Å². The summed E-state index contributed by atoms with van der Waals surface area (Å²) in [7, 11) is 0. The van der Waals surface area contributed by atoms with Crippen molar-refractivity contribution in [2.75, 3.05) is 29.5 Å². The molecule has 0 unspecified atom stereocenters. The summed E-state index contributed by atoms with van der Waals surface area (Å²) in [6, 6.07) is 0. The van der Waals surface area contributed by atoms with Crippen LogP contribution in [0, 0.1) is 17.0 Å². The van der Waals surface area contributed by atoms with Gasteiger partial charge in [-0.25, -0.2) is 4.98 Å². The van der Waals surface area contributed by atoms with E-state index in [1.165, 1.54) is 0 Å². The highest BCUT2D eigenvalue weighted by Crippen LogP contribution is 2.30. The summed E-state index contributed by atoms with van der Waals surface area (Å²) in [6.07, 6.45) is 0.989. The highest BCUT2D eigenvalue weighted by Gasteiger charge is 2.26. The van der Waals surface area contributed by atoms with E-state index in [9.17, 15) is 10.1 Å². The normalized spacial score (nSPS) is 16.4. The molecule has 8 heteroatoms. The van der Waals surface area contributed by atoms with Crippen molar-refractivity contribution in [3.63, 3.8) is 0 Å². The summed E-state index contributed by atoms with van der Waals surface area (Å²) < 4.78 is 0. The van der Waals surface area contributed by atoms with E-state index in [2.05, 4.69) is 9.97 Å². The van der Waals surface area contributed by atoms with Gasteiger partial charge in [-0.05, 0) is 30.7 Å². The van der Waals surface area contributed by atoms with Crippen LogP contribution in [-0.2, 0) is 0 Å². The molecule has 1 saturated heterocycles. The van der Waals surface area contributed by atoms with Gasteiger partial charge in [0.1, 0.15) is 5.69 Å². The van der Waals surface area contributed by atoms with Gasteiger partial charge in [0.15, 0.2) is 0 Å². The maximum Gasteiger partial charge on any atom is 0.332 e. The first-order valence-electron chi connectivity index (χ1n) is 5.61. The highest BCUT2D eigenvalue weighted by molar-refractivity contribution is 7.99. The number of thioether (sulfide) groups is 1. The number of halogens is 1. The molecule has 0 atom stereocenters. The standard InChI is InChI=1S/C10H13ClN4O2S/c1-7-8(15(16)17)9(13-10(11)12-7)14-3-2-5-18-6-4-14/h2-6H2,1H3. The molecule has 0 amide bonds. The van der Waals surface area contributed by atoms with Crippen LogP contribution >= 0.6 is 23.4 Å². The van der Waals surface area contributed by atoms with Crippen molar-refractivity contribution in [2.24, 2.45) is 0 Å². The summed E-state index contributed by atoms with van der Waals surface area (Å²) in [5.74, 6) is 2.36. The number of hydrogen-bond acceptors (Lipinski definition) is 6. The van der Waals surface area contributed by atoms with Gasteiger partial charge in [0, 0.05) is 18.8 Å². The van der Waals surface area contributed by atoms with Gasteiger partial charge in [-0.1, -0.05) is 0 Å². The van der Waals surface area contributed by atoms with Gasteiger partial charge in [0.25, 0.3) is 0 Å². The first-order chi connectivity index (χ1) is 8.59. The van der Waals surface area contributed by atoms with Crippen LogP contribution in [0.15, 0.2) is 0 Å². The lowest BCUT2D eigenvalue weighted by Gasteiger charge is -2.21. The monoisotopic (exact) mass is 288 g/mol. The average molecular weight is 289 g/mol. The van der Waals surface area contributed by atoms with Gasteiger partial charge >= 0.3 is 5.69 Å². The minimum Gasteiger partial charge on any atom is -0.350 e. The lowest BCUT2D eigenvalue weighted by atomic mass is 10.3. The van der Waals surface area contributed by atoms with Crippen LogP contribution in [0.5, 0.6) is 0 Å². The Morgan fingerprint density at radius 3 is 2.89 bits per heavy atom. The van der Waals surface area contributed by atoms with Crippen LogP contribution in [-0.4, -0.2) is 39.5 Å². The first-order valence-corrected chi connectivity index (χ1v) is 7.14. The number of aromatic nitrogens is 2. The van der Waals surface area contributed by atoms with Crippen molar-refractivity contribution in [1.82, 2.24) is 9.97 Å². The van der Waals surface area contributed by atoms with E-state index < -0.39 is 4.92 Å². The van der Waals surface area contributed by atoms with Gasteiger partial charge in [0.2, 0.25) is 11.1 Å². The number of aryl methyl sites for hydroxylation is 1. The molecule has 1 aromatic heterocycles. The van der Waals surface area contributed by atoms with E-state index in [0.29, 0.717) is 11.5 Å². The molecule has 18 heavy (non-hydrogen) atoms. The van der Waals surface area contributed by atoms with Gasteiger partial charge in [0.05, 0.1) is 4.92 Å². The van der Waals surface area contributed by atoms with Crippen LogP contribution in [0.4, 0.5) is 11.5 Å². The molecule has 0 radical (unpaired) electrons. The Morgan fingerprint density at radius 1 is 1.39 bits per heavy atom. The third-order valence-corrected chi connectivity index (χ3v) is 3.93. The Balaban J connectivity index is 2.43. The molecule has 2 rings (SSSR count). The van der Waals surface area contributed by atoms with Crippen molar-refractivity contribution in [1.29, 1.82) is 0 Å². The molecule has 6 nitrogen and oxygen atoms in total. The van der Waals surface area contributed by atoms with Crippen LogP contribution < -0.4 is 4.90 Å². The molecule has 0 bridgehead atoms. The second kappa shape index (κ2) is 5.71. The molecule has 1 aromatic rings. The second-order valence-electron chi connectivity index (χ2n) is 3.96. The summed E-state index contributed by atoms with van der Waals surface area (Å²) in [4.78, 5) is 20.5. The van der Waals surface area contributed by atoms with Gasteiger partial charge < -0.3 is 4.90 Å². The van der Waals surface area contributed by atoms with Crippen molar-refractivity contribution < 1.29 is 4.92 Å². The molecular weight excluding hydrogens is 276 g/mol. The lowest BCUT2D eigenvalue weighted by molar-refractivity contribution is -0.385. The van der Waals surface area contributed by atoms with Crippen molar-refractivity contribution in [3.8, 4) is 0 Å². The second-order valence-corrected chi connectivity index (χ2v) is 5.52. The van der Waals surface area contributed by atoms with Crippen molar-refractivity contribution >= 4 is 34.9 Å². The molecule has 1 aliphatic heterocycles. The third-order valence-electron chi connectivity index (χ3n) is 2.72. The number of hydrogen-bond donors (Lipinski definition) is 0. The molecule has 1 fully saturated rings. The Labute approximate surface area is 114 Å². The molecule has 1 aliphatic rings. The molecule has 0 saturated carbocycles. The Morgan fingerprint density at radius 2 is 2.17 bits per heavy atom. The van der Waals surface area contributed by atoms with E-state index in [-0.39, 0.29) is 11.0 Å². The van der Waals surface area contributed by atoms with E-state index >= 15 is 0 Å². The van der Waals surface area contributed by atoms with E-state index in [0.717, 1.165) is 31.0 Å². The molecule has 98 valence electrons. The zero-order valence-corrected chi connectivity index (χ0v) is 11.5. The molecule has 0 aromatic carbocycles. The average Bonchev–Trinajstić information content (AvgIpc) is 2.55. The molecule has 2 heterocycles. The largest absolute Gasteiger partial charge is 0.350 e. The SMILES string of the molecule is Cc1nc(Cl)nc(N2CCCSCC2)c1[N+](=O)[O-]. The Kier molecular flexibility index (Phi) is 4.23. The number of rotatable bonds is 2. The zero-order chi connectivity index (χ0) is 13.1. The Bertz CT molecular complexity index is 463. The van der Waals surface area contributed by atoms with Crippen molar-refractivity contribution in [3.05, 3.63) is 21.1 Å². The number of nitrogens with zero attached hydrogens (tertiary/aromatic N) is 4. The highest BCUT2D eigenvalue weighted by atomic mass is 35.5. The fourth-order valence-electron chi connectivity index (χ4n) is 1.91. The van der Waals surface area contributed by atoms with Crippen LogP contribution in [0.1, 0.15) is 12.1 Å². The fraction of sp³-hybridized carbons (Fsp3) is 0.600. The Hall–Kier alpha value is -1.08. The molecular formula is C10H13ClN4O2S. The smallest absolute Gasteiger partial charge is 0.332 e. The molecule has 0 N–H and O–H groups in total. The fourth-order valence-corrected chi connectivity index (χ4v) is 3.00. The lowest BCUT2D eigenvalue weighted by Crippen LogP contribution is -2.27. The maximum absolute atomic E-state index is 11.1. The predicted molar refractivity (Wildman–Crippen MR) is 72.6 cm³/mol. The van der Waals surface area contributed by atoms with Gasteiger partial charge in [-0.3, -0.25) is 10.1 Å². The summed E-state index contributed by atoms with van der Waals surface area (Å²) >= 11 is 7.66. The maximum atomic E-state index is 11.1. The van der Waals surface area contributed by atoms with E-state index in [4.69, 9.17) is 11.6 Å². The molecule has 0 aliphatic carbocycles. The topological polar surface area (TPSA) is 72.2 Å². The zero-order valence-electron chi connectivity index (χ0n) is 9.93. The predicted octanol–water partition coefficient (Wildman–Crippen LogP) is 2.29. The van der Waals surface area contributed by atoms with Crippen LogP contribution in [0.3, 0.4) is 0 Å². The summed E-state index contributed by atoms with van der Waals surface area (Å²) in [6.45, 7) is 3.10. The van der Waals surface area contributed by atoms with Gasteiger partial charge in [-0.15, -0.1) is 0 Å². The van der Waals surface area contributed by atoms with Crippen LogP contribution in [0.2, 0.25) is 5.28 Å². The number of nitro groups is 1. The van der Waals surface area contributed by atoms with Crippen molar-refractivity contribution in [2.45, 2.75) is 13.3 Å². The van der Waals surface area contributed by atoms with Crippen LogP contribution in [0.25, 0.3) is 0 Å². The third kappa shape index (κ3) is 2.84. The van der Waals surface area contributed by atoms with E-state index in [1.807, 2.05) is 16.7 Å². The first kappa shape index (κ1) is 13.4.